The lowest BCUT2D eigenvalue weighted by Crippen LogP contribution is -2.01. The fourth-order valence-electron chi connectivity index (χ4n) is 1.57. The van der Waals surface area contributed by atoms with Crippen molar-refractivity contribution in [3.8, 4) is 5.75 Å². The number of para-hydroxylation sites is 1. The number of halogens is 2. The van der Waals surface area contributed by atoms with Crippen LogP contribution in [0.5, 0.6) is 5.75 Å². The highest BCUT2D eigenvalue weighted by atomic mass is 79.9. The molecule has 0 aromatic heterocycles. The van der Waals surface area contributed by atoms with Crippen molar-refractivity contribution in [3.05, 3.63) is 68.4 Å². The third-order valence-corrected chi connectivity index (χ3v) is 3.11. The van der Waals surface area contributed by atoms with Gasteiger partial charge in [0, 0.05) is 6.07 Å². The molecule has 2 rings (SSSR count). The summed E-state index contributed by atoms with van der Waals surface area (Å²) in [7, 11) is 0. The van der Waals surface area contributed by atoms with Gasteiger partial charge in [-0.1, -0.05) is 12.1 Å². The predicted molar refractivity (Wildman–Crippen MR) is 71.5 cm³/mol. The molecule has 6 heteroatoms. The summed E-state index contributed by atoms with van der Waals surface area (Å²) in [6.45, 7) is -0.0727. The molecule has 2 aromatic carbocycles. The molecule has 0 aliphatic carbocycles. The Bertz CT molecular complexity index is 619. The molecule has 0 saturated heterocycles. The van der Waals surface area contributed by atoms with Gasteiger partial charge in [-0.15, -0.1) is 0 Å². The van der Waals surface area contributed by atoms with Gasteiger partial charge >= 0.3 is 0 Å². The lowest BCUT2D eigenvalue weighted by Gasteiger charge is -2.08. The van der Waals surface area contributed by atoms with E-state index in [2.05, 4.69) is 15.9 Å². The molecule has 4 nitrogen and oxygen atoms in total. The molecule has 0 fully saturated rings. The molecule has 0 bridgehead atoms. The predicted octanol–water partition coefficient (Wildman–Crippen LogP) is 4.08. The van der Waals surface area contributed by atoms with Crippen molar-refractivity contribution in [1.82, 2.24) is 0 Å². The highest BCUT2D eigenvalue weighted by Gasteiger charge is 2.15. The fourth-order valence-corrected chi connectivity index (χ4v) is 1.96. The van der Waals surface area contributed by atoms with Crippen LogP contribution in [0.1, 0.15) is 5.56 Å². The average molecular weight is 326 g/mol. The fraction of sp³-hybridized carbons (Fsp3) is 0.0769. The van der Waals surface area contributed by atoms with E-state index in [1.165, 1.54) is 0 Å². The first-order chi connectivity index (χ1) is 9.08. The number of nitro benzene ring substituents is 1. The van der Waals surface area contributed by atoms with Gasteiger partial charge in [0.15, 0.2) is 0 Å². The van der Waals surface area contributed by atoms with Crippen LogP contribution in [-0.2, 0) is 6.61 Å². The minimum Gasteiger partial charge on any atom is -0.487 e. The van der Waals surface area contributed by atoms with Gasteiger partial charge in [-0.05, 0) is 40.2 Å². The van der Waals surface area contributed by atoms with Crippen LogP contribution in [-0.4, -0.2) is 4.92 Å². The largest absolute Gasteiger partial charge is 0.487 e. The smallest absolute Gasteiger partial charge is 0.276 e. The number of ether oxygens (including phenoxy) is 1. The van der Waals surface area contributed by atoms with Crippen molar-refractivity contribution in [2.75, 3.05) is 0 Å². The van der Waals surface area contributed by atoms with Crippen molar-refractivity contribution in [2.45, 2.75) is 6.61 Å². The Morgan fingerprint density at radius 1 is 1.26 bits per heavy atom. The Hall–Kier alpha value is -1.95. The topological polar surface area (TPSA) is 52.4 Å². The average Bonchev–Trinajstić information content (AvgIpc) is 2.37. The SMILES string of the molecule is O=[N+]([O-])c1ccc(F)cc1COc1ccccc1Br. The Kier molecular flexibility index (Phi) is 4.11. The van der Waals surface area contributed by atoms with Crippen LogP contribution < -0.4 is 4.74 Å². The molecule has 0 saturated carbocycles. The molecular formula is C13H9BrFNO3. The maximum Gasteiger partial charge on any atom is 0.276 e. The van der Waals surface area contributed by atoms with Gasteiger partial charge < -0.3 is 4.74 Å². The summed E-state index contributed by atoms with van der Waals surface area (Å²) >= 11 is 3.30. The van der Waals surface area contributed by atoms with Crippen molar-refractivity contribution in [2.24, 2.45) is 0 Å². The van der Waals surface area contributed by atoms with E-state index in [4.69, 9.17) is 4.74 Å². The normalized spacial score (nSPS) is 10.2. The lowest BCUT2D eigenvalue weighted by molar-refractivity contribution is -0.385. The summed E-state index contributed by atoms with van der Waals surface area (Å²) in [5.41, 5.74) is 0.0363. The minimum atomic E-state index is -0.557. The molecule has 0 heterocycles. The third-order valence-electron chi connectivity index (χ3n) is 2.46. The molecular weight excluding hydrogens is 317 g/mol. The van der Waals surface area contributed by atoms with E-state index >= 15 is 0 Å². The number of hydrogen-bond acceptors (Lipinski definition) is 3. The van der Waals surface area contributed by atoms with Crippen molar-refractivity contribution >= 4 is 21.6 Å². The van der Waals surface area contributed by atoms with Gasteiger partial charge in [-0.2, -0.15) is 0 Å². The number of hydrogen-bond donors (Lipinski definition) is 0. The summed E-state index contributed by atoms with van der Waals surface area (Å²) in [5.74, 6) is 0.0115. The molecule has 98 valence electrons. The molecule has 0 aliphatic rings. The summed E-state index contributed by atoms with van der Waals surface area (Å²) in [6, 6.07) is 10.4. The van der Waals surface area contributed by atoms with Crippen molar-refractivity contribution in [3.63, 3.8) is 0 Å². The van der Waals surface area contributed by atoms with Crippen molar-refractivity contribution < 1.29 is 14.1 Å². The highest BCUT2D eigenvalue weighted by Crippen LogP contribution is 2.26. The van der Waals surface area contributed by atoms with Gasteiger partial charge in [0.2, 0.25) is 0 Å². The van der Waals surface area contributed by atoms with Crippen LogP contribution >= 0.6 is 15.9 Å². The standard InChI is InChI=1S/C13H9BrFNO3/c14-11-3-1-2-4-13(11)19-8-9-7-10(15)5-6-12(9)16(17)18/h1-7H,8H2. The lowest BCUT2D eigenvalue weighted by atomic mass is 10.2. The Labute approximate surface area is 117 Å². The van der Waals surface area contributed by atoms with E-state index in [0.29, 0.717) is 5.75 Å². The zero-order valence-electron chi connectivity index (χ0n) is 9.68. The Morgan fingerprint density at radius 3 is 2.68 bits per heavy atom. The van der Waals surface area contributed by atoms with E-state index in [-0.39, 0.29) is 17.9 Å². The molecule has 2 aromatic rings. The number of nitro groups is 1. The second-order valence-electron chi connectivity index (χ2n) is 3.75. The first-order valence-corrected chi connectivity index (χ1v) is 6.17. The Balaban J connectivity index is 2.22. The first-order valence-electron chi connectivity index (χ1n) is 5.38. The van der Waals surface area contributed by atoms with E-state index in [1.54, 1.807) is 18.2 Å². The molecule has 0 spiro atoms. The van der Waals surface area contributed by atoms with E-state index in [9.17, 15) is 14.5 Å². The molecule has 0 amide bonds. The monoisotopic (exact) mass is 325 g/mol. The second kappa shape index (κ2) is 5.79. The number of nitrogens with zero attached hydrogens (tertiary/aromatic N) is 1. The summed E-state index contributed by atoms with van der Waals surface area (Å²) in [5, 5.41) is 10.8. The van der Waals surface area contributed by atoms with Gasteiger partial charge in [0.05, 0.1) is 15.0 Å². The summed E-state index contributed by atoms with van der Waals surface area (Å²) in [6.07, 6.45) is 0. The zero-order chi connectivity index (χ0) is 13.8. The summed E-state index contributed by atoms with van der Waals surface area (Å²) in [4.78, 5) is 10.3. The van der Waals surface area contributed by atoms with Gasteiger partial charge in [-0.25, -0.2) is 4.39 Å². The quantitative estimate of drug-likeness (QED) is 0.628. The molecule has 19 heavy (non-hydrogen) atoms. The van der Waals surface area contributed by atoms with E-state index < -0.39 is 10.7 Å². The summed E-state index contributed by atoms with van der Waals surface area (Å²) < 4.78 is 19.3. The second-order valence-corrected chi connectivity index (χ2v) is 4.60. The van der Waals surface area contributed by atoms with Crippen LogP contribution in [0.15, 0.2) is 46.9 Å². The van der Waals surface area contributed by atoms with Crippen LogP contribution in [0.2, 0.25) is 0 Å². The van der Waals surface area contributed by atoms with Crippen LogP contribution in [0.25, 0.3) is 0 Å². The number of benzene rings is 2. The van der Waals surface area contributed by atoms with Gasteiger partial charge in [0.1, 0.15) is 18.2 Å². The van der Waals surface area contributed by atoms with Crippen LogP contribution in [0.4, 0.5) is 10.1 Å². The molecule has 0 N–H and O–H groups in total. The highest BCUT2D eigenvalue weighted by molar-refractivity contribution is 9.10. The Morgan fingerprint density at radius 2 is 2.00 bits per heavy atom. The van der Waals surface area contributed by atoms with Gasteiger partial charge in [-0.3, -0.25) is 10.1 Å². The van der Waals surface area contributed by atoms with E-state index in [0.717, 1.165) is 22.7 Å². The maximum absolute atomic E-state index is 13.1. The third kappa shape index (κ3) is 3.29. The maximum atomic E-state index is 13.1. The van der Waals surface area contributed by atoms with Crippen LogP contribution in [0.3, 0.4) is 0 Å². The van der Waals surface area contributed by atoms with Crippen LogP contribution in [0, 0.1) is 15.9 Å². The number of rotatable bonds is 4. The van der Waals surface area contributed by atoms with E-state index in [1.807, 2.05) is 6.07 Å². The molecule has 0 unspecified atom stereocenters. The molecule has 0 radical (unpaired) electrons. The van der Waals surface area contributed by atoms with Gasteiger partial charge in [0.25, 0.3) is 5.69 Å². The molecule has 0 atom stereocenters. The first kappa shape index (κ1) is 13.5. The zero-order valence-corrected chi connectivity index (χ0v) is 11.3. The van der Waals surface area contributed by atoms with Crippen molar-refractivity contribution in [1.29, 1.82) is 0 Å². The molecule has 0 aliphatic heterocycles. The minimum absolute atomic E-state index is 0.0727.